The molecule has 0 aromatic rings. The second-order valence-electron chi connectivity index (χ2n) is 2.56. The monoisotopic (exact) mass is 301 g/mol. The van der Waals surface area contributed by atoms with Crippen LogP contribution in [0.2, 0.25) is 0 Å². The lowest BCUT2D eigenvalue weighted by molar-refractivity contribution is -0.544. The number of hydrogen-bond donors (Lipinski definition) is 0. The highest BCUT2D eigenvalue weighted by atomic mass is 127. The SMILES string of the molecule is C=C/C=C(\C=C/C)[I+]C(/C=C\C)=C/C. The molecule has 0 radical (unpaired) electrons. The Bertz CT molecular complexity index is 278. The van der Waals surface area contributed by atoms with Gasteiger partial charge in [-0.2, -0.15) is 0 Å². The molecule has 0 atom stereocenters. The first-order valence-electron chi connectivity index (χ1n) is 4.67. The van der Waals surface area contributed by atoms with Crippen LogP contribution in [-0.2, 0) is 0 Å². The minimum atomic E-state index is -0.0489. The van der Waals surface area contributed by atoms with Crippen molar-refractivity contribution in [3.63, 3.8) is 0 Å². The molecule has 0 fully saturated rings. The van der Waals surface area contributed by atoms with Gasteiger partial charge in [0.05, 0.1) is 0 Å². The van der Waals surface area contributed by atoms with Gasteiger partial charge in [-0.3, -0.25) is 0 Å². The Kier molecular flexibility index (Phi) is 8.64. The van der Waals surface area contributed by atoms with Crippen LogP contribution < -0.4 is 21.2 Å². The molecular formula is C13H18I+. The lowest BCUT2D eigenvalue weighted by atomic mass is 10.4. The van der Waals surface area contributed by atoms with Gasteiger partial charge in [0.1, 0.15) is 0 Å². The summed E-state index contributed by atoms with van der Waals surface area (Å²) in [6.45, 7) is 9.93. The molecule has 0 aliphatic carbocycles. The van der Waals surface area contributed by atoms with E-state index in [1.807, 2.05) is 13.0 Å². The minimum absolute atomic E-state index is 0.0489. The molecule has 0 bridgehead atoms. The highest BCUT2D eigenvalue weighted by Gasteiger charge is 2.15. The Hall–Kier alpha value is -0.570. The lowest BCUT2D eigenvalue weighted by Crippen LogP contribution is -3.60. The van der Waals surface area contributed by atoms with E-state index in [0.717, 1.165) is 0 Å². The van der Waals surface area contributed by atoms with Gasteiger partial charge < -0.3 is 0 Å². The van der Waals surface area contributed by atoms with Gasteiger partial charge in [0.25, 0.3) is 0 Å². The van der Waals surface area contributed by atoms with Crippen molar-refractivity contribution < 1.29 is 21.2 Å². The van der Waals surface area contributed by atoms with E-state index in [1.54, 1.807) is 0 Å². The van der Waals surface area contributed by atoms with Crippen LogP contribution in [0.4, 0.5) is 0 Å². The van der Waals surface area contributed by atoms with Crippen LogP contribution in [-0.4, -0.2) is 0 Å². The second kappa shape index (κ2) is 9.00. The molecule has 0 rings (SSSR count). The Labute approximate surface area is 98.1 Å². The summed E-state index contributed by atoms with van der Waals surface area (Å²) < 4.78 is 2.84. The number of hydrogen-bond acceptors (Lipinski definition) is 0. The second-order valence-corrected chi connectivity index (χ2v) is 5.59. The zero-order chi connectivity index (χ0) is 10.8. The molecular weight excluding hydrogens is 283 g/mol. The first-order chi connectivity index (χ1) is 6.78. The fourth-order valence-electron chi connectivity index (χ4n) is 0.858. The smallest absolute Gasteiger partial charge is 0.0989 e. The van der Waals surface area contributed by atoms with E-state index >= 15 is 0 Å². The molecule has 0 nitrogen and oxygen atoms in total. The Morgan fingerprint density at radius 3 is 2.00 bits per heavy atom. The van der Waals surface area contributed by atoms with Crippen LogP contribution in [0.25, 0.3) is 0 Å². The molecule has 0 heterocycles. The van der Waals surface area contributed by atoms with Crippen molar-refractivity contribution in [1.29, 1.82) is 0 Å². The van der Waals surface area contributed by atoms with Gasteiger partial charge in [-0.25, -0.2) is 0 Å². The standard InChI is InChI=1S/C13H18I/c1-5-9-12(8-4)14-13(10-6-2)11-7-3/h5-11H,2H2,1,3-4H3/q+1/b9-5-,11-7-,12-8+,13-10+. The zero-order valence-corrected chi connectivity index (χ0v) is 11.3. The van der Waals surface area contributed by atoms with Crippen molar-refractivity contribution in [1.82, 2.24) is 0 Å². The van der Waals surface area contributed by atoms with Crippen molar-refractivity contribution in [3.8, 4) is 0 Å². The molecule has 0 saturated carbocycles. The van der Waals surface area contributed by atoms with E-state index in [-0.39, 0.29) is 21.2 Å². The normalized spacial score (nSPS) is 14.2. The van der Waals surface area contributed by atoms with Crippen LogP contribution in [0.15, 0.2) is 56.3 Å². The third kappa shape index (κ3) is 5.97. The zero-order valence-electron chi connectivity index (χ0n) is 9.13. The molecule has 0 spiro atoms. The average Bonchev–Trinajstić information content (AvgIpc) is 2.18. The molecule has 0 aromatic heterocycles. The molecule has 0 amide bonds. The topological polar surface area (TPSA) is 0 Å². The Balaban J connectivity index is 4.58. The van der Waals surface area contributed by atoms with Crippen LogP contribution in [0.5, 0.6) is 0 Å². The molecule has 0 aliphatic heterocycles. The van der Waals surface area contributed by atoms with Crippen LogP contribution in [0.1, 0.15) is 20.8 Å². The van der Waals surface area contributed by atoms with Gasteiger partial charge in [0, 0.05) is 0 Å². The predicted molar refractivity (Wildman–Crippen MR) is 61.7 cm³/mol. The summed E-state index contributed by atoms with van der Waals surface area (Å²) in [7, 11) is 0. The fraction of sp³-hybridized carbons (Fsp3) is 0.231. The van der Waals surface area contributed by atoms with Gasteiger partial charge in [-0.1, -0.05) is 24.8 Å². The average molecular weight is 301 g/mol. The maximum absolute atomic E-state index is 3.73. The van der Waals surface area contributed by atoms with Crippen LogP contribution in [0, 0.1) is 0 Å². The molecule has 0 N–H and O–H groups in total. The van der Waals surface area contributed by atoms with Crippen LogP contribution >= 0.6 is 0 Å². The summed E-state index contributed by atoms with van der Waals surface area (Å²) in [5.74, 6) is 0. The first kappa shape index (κ1) is 13.4. The summed E-state index contributed by atoms with van der Waals surface area (Å²) >= 11 is -0.0489. The first-order valence-corrected chi connectivity index (χ1v) is 6.83. The van der Waals surface area contributed by atoms with E-state index in [1.165, 1.54) is 7.16 Å². The van der Waals surface area contributed by atoms with Gasteiger partial charge in [0.15, 0.2) is 7.16 Å². The van der Waals surface area contributed by atoms with Crippen molar-refractivity contribution >= 4 is 0 Å². The Morgan fingerprint density at radius 2 is 1.57 bits per heavy atom. The van der Waals surface area contributed by atoms with E-state index < -0.39 is 0 Å². The Morgan fingerprint density at radius 1 is 1.00 bits per heavy atom. The van der Waals surface area contributed by atoms with E-state index in [0.29, 0.717) is 0 Å². The maximum Gasteiger partial charge on any atom is 0.357 e. The van der Waals surface area contributed by atoms with E-state index in [2.05, 4.69) is 56.9 Å². The summed E-state index contributed by atoms with van der Waals surface area (Å²) in [5.41, 5.74) is 0. The quantitative estimate of drug-likeness (QED) is 0.529. The third-order valence-electron chi connectivity index (χ3n) is 1.42. The number of halogens is 1. The van der Waals surface area contributed by atoms with Crippen molar-refractivity contribution in [2.45, 2.75) is 20.8 Å². The number of allylic oxidation sites excluding steroid dienone is 9. The van der Waals surface area contributed by atoms with Crippen molar-refractivity contribution in [2.75, 3.05) is 0 Å². The highest BCUT2D eigenvalue weighted by Crippen LogP contribution is 1.86. The van der Waals surface area contributed by atoms with Gasteiger partial charge in [-0.15, -0.1) is 0 Å². The minimum Gasteiger partial charge on any atom is -0.0989 e. The molecule has 0 saturated heterocycles. The molecule has 76 valence electrons. The van der Waals surface area contributed by atoms with Gasteiger partial charge in [-0.05, 0) is 45.1 Å². The molecule has 0 aromatic carbocycles. The fourth-order valence-corrected chi connectivity index (χ4v) is 3.40. The molecule has 1 heteroatoms. The molecule has 0 unspecified atom stereocenters. The lowest BCUT2D eigenvalue weighted by Gasteiger charge is -1.84. The van der Waals surface area contributed by atoms with Crippen LogP contribution in [0.3, 0.4) is 0 Å². The predicted octanol–water partition coefficient (Wildman–Crippen LogP) is 1.20. The summed E-state index contributed by atoms with van der Waals surface area (Å²) in [5, 5.41) is 0. The summed E-state index contributed by atoms with van der Waals surface area (Å²) in [6, 6.07) is 0. The third-order valence-corrected chi connectivity index (χ3v) is 4.37. The largest absolute Gasteiger partial charge is 0.357 e. The maximum atomic E-state index is 3.73. The molecule has 0 aliphatic rings. The van der Waals surface area contributed by atoms with Crippen molar-refractivity contribution in [2.24, 2.45) is 0 Å². The summed E-state index contributed by atoms with van der Waals surface area (Å²) in [4.78, 5) is 0. The van der Waals surface area contributed by atoms with E-state index in [4.69, 9.17) is 0 Å². The highest BCUT2D eigenvalue weighted by molar-refractivity contribution is 5.18. The molecule has 14 heavy (non-hydrogen) atoms. The van der Waals surface area contributed by atoms with E-state index in [9.17, 15) is 0 Å². The van der Waals surface area contributed by atoms with Crippen molar-refractivity contribution in [3.05, 3.63) is 56.3 Å². The summed E-state index contributed by atoms with van der Waals surface area (Å²) in [6.07, 6.45) is 14.7. The van der Waals surface area contributed by atoms with Gasteiger partial charge >= 0.3 is 21.2 Å². The number of rotatable bonds is 5. The van der Waals surface area contributed by atoms with Gasteiger partial charge in [0.2, 0.25) is 0 Å².